The fourth-order valence-electron chi connectivity index (χ4n) is 2.47. The third kappa shape index (κ3) is 3.28. The highest BCUT2D eigenvalue weighted by Crippen LogP contribution is 2.28. The van der Waals surface area contributed by atoms with Crippen molar-refractivity contribution in [3.05, 3.63) is 28.8 Å². The van der Waals surface area contributed by atoms with Crippen molar-refractivity contribution in [2.45, 2.75) is 43.7 Å². The summed E-state index contributed by atoms with van der Waals surface area (Å²) in [5.74, 6) is 0.372. The van der Waals surface area contributed by atoms with E-state index in [2.05, 4.69) is 11.6 Å². The molecule has 1 aromatic rings. The monoisotopic (exact) mass is 302 g/mol. The van der Waals surface area contributed by atoms with Crippen LogP contribution >= 0.6 is 11.6 Å². The van der Waals surface area contributed by atoms with Gasteiger partial charge >= 0.3 is 0 Å². The average Bonchev–Trinajstić information content (AvgIpc) is 2.73. The van der Waals surface area contributed by atoms with E-state index in [4.69, 9.17) is 17.3 Å². The van der Waals surface area contributed by atoms with Gasteiger partial charge in [0.1, 0.15) is 4.90 Å². The normalized spacial score (nSPS) is 23.7. The van der Waals surface area contributed by atoms with Crippen molar-refractivity contribution >= 4 is 21.6 Å². The van der Waals surface area contributed by atoms with Gasteiger partial charge in [0.25, 0.3) is 0 Å². The maximum atomic E-state index is 12.3. The van der Waals surface area contributed by atoms with Crippen LogP contribution in [-0.2, 0) is 16.6 Å². The molecule has 1 aromatic carbocycles. The molecule has 0 amide bonds. The number of nitrogens with two attached hydrogens (primary N) is 1. The van der Waals surface area contributed by atoms with Crippen LogP contribution in [-0.4, -0.2) is 14.5 Å². The molecule has 3 N–H and O–H groups in total. The molecular weight excluding hydrogens is 284 g/mol. The highest BCUT2D eigenvalue weighted by Gasteiger charge is 2.29. The minimum Gasteiger partial charge on any atom is -0.326 e. The van der Waals surface area contributed by atoms with Gasteiger partial charge in [-0.3, -0.25) is 0 Å². The Morgan fingerprint density at radius 2 is 2.16 bits per heavy atom. The van der Waals surface area contributed by atoms with Crippen molar-refractivity contribution in [2.24, 2.45) is 11.7 Å². The number of sulfonamides is 1. The van der Waals surface area contributed by atoms with E-state index in [1.807, 2.05) is 0 Å². The van der Waals surface area contributed by atoms with Crippen LogP contribution in [0.3, 0.4) is 0 Å². The Bertz CT molecular complexity index is 560. The first kappa shape index (κ1) is 14.8. The molecule has 1 fully saturated rings. The zero-order valence-electron chi connectivity index (χ0n) is 10.9. The second kappa shape index (κ2) is 5.79. The molecule has 0 saturated heterocycles. The van der Waals surface area contributed by atoms with Crippen molar-refractivity contribution < 1.29 is 8.42 Å². The quantitative estimate of drug-likeness (QED) is 0.896. The fraction of sp³-hybridized carbons (Fsp3) is 0.538. The molecule has 0 spiro atoms. The largest absolute Gasteiger partial charge is 0.326 e. The Labute approximate surface area is 119 Å². The maximum Gasteiger partial charge on any atom is 0.242 e. The van der Waals surface area contributed by atoms with Crippen LogP contribution in [0.25, 0.3) is 0 Å². The second-order valence-corrected chi connectivity index (χ2v) is 7.19. The summed E-state index contributed by atoms with van der Waals surface area (Å²) in [5, 5.41) is 0.223. The number of halogens is 1. The number of rotatable bonds is 4. The average molecular weight is 303 g/mol. The predicted molar refractivity (Wildman–Crippen MR) is 76.5 cm³/mol. The van der Waals surface area contributed by atoms with E-state index in [0.717, 1.165) is 24.8 Å². The topological polar surface area (TPSA) is 72.2 Å². The van der Waals surface area contributed by atoms with Crippen molar-refractivity contribution in [1.29, 1.82) is 0 Å². The predicted octanol–water partition coefficient (Wildman–Crippen LogP) is 2.27. The van der Waals surface area contributed by atoms with Crippen LogP contribution in [0, 0.1) is 5.92 Å². The third-order valence-electron chi connectivity index (χ3n) is 3.69. The lowest BCUT2D eigenvalue weighted by Crippen LogP contribution is -2.36. The molecule has 4 nitrogen and oxygen atoms in total. The summed E-state index contributed by atoms with van der Waals surface area (Å²) < 4.78 is 27.4. The number of benzene rings is 1. The Hall–Kier alpha value is -0.620. The summed E-state index contributed by atoms with van der Waals surface area (Å²) in [6.07, 6.45) is 3.01. The van der Waals surface area contributed by atoms with Gasteiger partial charge in [-0.25, -0.2) is 13.1 Å². The SMILES string of the molecule is CC1CCCC1NS(=O)(=O)c1ccc(CN)cc1Cl. The fourth-order valence-corrected chi connectivity index (χ4v) is 4.42. The van der Waals surface area contributed by atoms with Gasteiger partial charge in [0, 0.05) is 12.6 Å². The van der Waals surface area contributed by atoms with E-state index >= 15 is 0 Å². The molecule has 19 heavy (non-hydrogen) atoms. The molecule has 1 saturated carbocycles. The lowest BCUT2D eigenvalue weighted by molar-refractivity contribution is 0.476. The molecule has 2 rings (SSSR count). The number of nitrogens with one attached hydrogen (secondary N) is 1. The van der Waals surface area contributed by atoms with Crippen LogP contribution in [0.4, 0.5) is 0 Å². The van der Waals surface area contributed by atoms with E-state index in [-0.39, 0.29) is 16.0 Å². The van der Waals surface area contributed by atoms with Crippen LogP contribution in [0.5, 0.6) is 0 Å². The minimum absolute atomic E-state index is 0.00949. The number of hydrogen-bond acceptors (Lipinski definition) is 3. The molecule has 6 heteroatoms. The zero-order chi connectivity index (χ0) is 14.0. The Morgan fingerprint density at radius 1 is 1.42 bits per heavy atom. The summed E-state index contributed by atoms with van der Waals surface area (Å²) >= 11 is 6.04. The van der Waals surface area contributed by atoms with Crippen molar-refractivity contribution in [3.8, 4) is 0 Å². The molecule has 1 aliphatic rings. The first-order valence-corrected chi connectivity index (χ1v) is 8.31. The molecule has 106 valence electrons. The smallest absolute Gasteiger partial charge is 0.242 e. The van der Waals surface area contributed by atoms with Gasteiger partial charge < -0.3 is 5.73 Å². The maximum absolute atomic E-state index is 12.3. The summed E-state index contributed by atoms with van der Waals surface area (Å²) in [6, 6.07) is 4.83. The standard InChI is InChI=1S/C13H19ClN2O2S/c1-9-3-2-4-12(9)16-19(17,18)13-6-5-10(8-15)7-11(13)14/h5-7,9,12,16H,2-4,8,15H2,1H3. The Kier molecular flexibility index (Phi) is 4.50. The molecule has 0 radical (unpaired) electrons. The van der Waals surface area contributed by atoms with Gasteiger partial charge in [0.15, 0.2) is 0 Å². The van der Waals surface area contributed by atoms with Crippen molar-refractivity contribution in [2.75, 3.05) is 0 Å². The lowest BCUT2D eigenvalue weighted by atomic mass is 10.1. The molecule has 2 atom stereocenters. The van der Waals surface area contributed by atoms with Crippen LogP contribution in [0.15, 0.2) is 23.1 Å². The third-order valence-corrected chi connectivity index (χ3v) is 5.66. The zero-order valence-corrected chi connectivity index (χ0v) is 12.5. The first-order chi connectivity index (χ1) is 8.94. The van der Waals surface area contributed by atoms with Crippen LogP contribution < -0.4 is 10.5 Å². The van der Waals surface area contributed by atoms with E-state index in [1.165, 1.54) is 6.07 Å². The van der Waals surface area contributed by atoms with Gasteiger partial charge in [0.05, 0.1) is 5.02 Å². The van der Waals surface area contributed by atoms with Crippen molar-refractivity contribution in [1.82, 2.24) is 4.72 Å². The summed E-state index contributed by atoms with van der Waals surface area (Å²) in [6.45, 7) is 2.41. The van der Waals surface area contributed by atoms with Gasteiger partial charge in [-0.15, -0.1) is 0 Å². The molecular formula is C13H19ClN2O2S. The van der Waals surface area contributed by atoms with E-state index in [1.54, 1.807) is 12.1 Å². The Balaban J connectivity index is 2.24. The Morgan fingerprint density at radius 3 is 2.68 bits per heavy atom. The molecule has 2 unspecified atom stereocenters. The molecule has 0 heterocycles. The van der Waals surface area contributed by atoms with E-state index in [0.29, 0.717) is 12.5 Å². The summed E-state index contributed by atoms with van der Waals surface area (Å²) in [7, 11) is -3.56. The first-order valence-electron chi connectivity index (χ1n) is 6.45. The van der Waals surface area contributed by atoms with Crippen LogP contribution in [0.1, 0.15) is 31.7 Å². The summed E-state index contributed by atoms with van der Waals surface area (Å²) in [5.41, 5.74) is 6.32. The highest BCUT2D eigenvalue weighted by atomic mass is 35.5. The molecule has 0 bridgehead atoms. The van der Waals surface area contributed by atoms with Crippen LogP contribution in [0.2, 0.25) is 5.02 Å². The minimum atomic E-state index is -3.56. The van der Waals surface area contributed by atoms with Gasteiger partial charge in [-0.2, -0.15) is 0 Å². The second-order valence-electron chi connectivity index (χ2n) is 5.10. The number of hydrogen-bond donors (Lipinski definition) is 2. The van der Waals surface area contributed by atoms with Gasteiger partial charge in [-0.1, -0.05) is 31.0 Å². The molecule has 0 aromatic heterocycles. The highest BCUT2D eigenvalue weighted by molar-refractivity contribution is 7.89. The molecule has 0 aliphatic heterocycles. The van der Waals surface area contributed by atoms with Gasteiger partial charge in [-0.05, 0) is 36.5 Å². The lowest BCUT2D eigenvalue weighted by Gasteiger charge is -2.18. The van der Waals surface area contributed by atoms with Gasteiger partial charge in [0.2, 0.25) is 10.0 Å². The summed E-state index contributed by atoms with van der Waals surface area (Å²) in [4.78, 5) is 0.130. The van der Waals surface area contributed by atoms with E-state index < -0.39 is 10.0 Å². The molecule has 1 aliphatic carbocycles. The van der Waals surface area contributed by atoms with Crippen molar-refractivity contribution in [3.63, 3.8) is 0 Å². The van der Waals surface area contributed by atoms with E-state index in [9.17, 15) is 8.42 Å².